The van der Waals surface area contributed by atoms with E-state index in [0.29, 0.717) is 26.2 Å². The third-order valence-electron chi connectivity index (χ3n) is 5.14. The minimum Gasteiger partial charge on any atom is -0.355 e. The van der Waals surface area contributed by atoms with E-state index in [2.05, 4.69) is 47.8 Å². The lowest BCUT2D eigenvalue weighted by molar-refractivity contribution is -0.132. The van der Waals surface area contributed by atoms with Crippen LogP contribution >= 0.6 is 44.3 Å². The highest BCUT2D eigenvalue weighted by molar-refractivity contribution is 9.10. The molecule has 3 rings (SSSR count). The minimum absolute atomic E-state index is 0. The highest BCUT2D eigenvalue weighted by atomic mass is 79.9. The molecule has 1 aliphatic rings. The quantitative estimate of drug-likeness (QED) is 0.464. The third-order valence-corrected chi connectivity index (χ3v) is 6.20. The number of hydrogen-bond donors (Lipinski definition) is 3. The Kier molecular flexibility index (Phi) is 10.3. The van der Waals surface area contributed by atoms with Gasteiger partial charge in [0.2, 0.25) is 11.8 Å². The van der Waals surface area contributed by atoms with Gasteiger partial charge in [0.1, 0.15) is 0 Å². The Morgan fingerprint density at radius 3 is 1.50 bits per heavy atom. The predicted molar refractivity (Wildman–Crippen MR) is 129 cm³/mol. The molecule has 0 aliphatic carbocycles. The largest absolute Gasteiger partial charge is 0.355 e. The number of amides is 2. The van der Waals surface area contributed by atoms with Crippen molar-refractivity contribution in [2.24, 2.45) is 11.8 Å². The summed E-state index contributed by atoms with van der Waals surface area (Å²) in [5.41, 5.74) is 2.33. The molecule has 0 saturated carbocycles. The van der Waals surface area contributed by atoms with Gasteiger partial charge in [-0.25, -0.2) is 0 Å². The summed E-state index contributed by atoms with van der Waals surface area (Å²) in [5.74, 6) is -0.763. The van der Waals surface area contributed by atoms with Gasteiger partial charge in [-0.1, -0.05) is 56.1 Å². The molecule has 0 unspecified atom stereocenters. The maximum absolute atomic E-state index is 12.6. The smallest absolute Gasteiger partial charge is 0.225 e. The van der Waals surface area contributed by atoms with Crippen LogP contribution in [0.3, 0.4) is 0 Å². The van der Waals surface area contributed by atoms with Crippen LogP contribution in [0.4, 0.5) is 0 Å². The number of carbonyl (C=O) groups excluding carboxylic acids is 2. The van der Waals surface area contributed by atoms with E-state index < -0.39 is 0 Å². The lowest BCUT2D eigenvalue weighted by atomic mass is 9.94. The van der Waals surface area contributed by atoms with Gasteiger partial charge in [0.25, 0.3) is 0 Å². The molecule has 2 atom stereocenters. The second-order valence-electron chi connectivity index (χ2n) is 7.21. The van der Waals surface area contributed by atoms with Crippen LogP contribution in [-0.2, 0) is 22.4 Å². The highest BCUT2D eigenvalue weighted by Gasteiger charge is 2.37. The molecule has 1 heterocycles. The van der Waals surface area contributed by atoms with Crippen molar-refractivity contribution in [1.82, 2.24) is 16.0 Å². The van der Waals surface area contributed by atoms with E-state index in [4.69, 9.17) is 0 Å². The zero-order valence-corrected chi connectivity index (χ0v) is 20.5. The molecular weight excluding hydrogens is 534 g/mol. The van der Waals surface area contributed by atoms with E-state index in [1.54, 1.807) is 0 Å². The Morgan fingerprint density at radius 2 is 1.13 bits per heavy atom. The van der Waals surface area contributed by atoms with Crippen molar-refractivity contribution in [3.8, 4) is 0 Å². The van der Waals surface area contributed by atoms with Gasteiger partial charge < -0.3 is 16.0 Å². The van der Waals surface area contributed by atoms with Gasteiger partial charge in [-0.3, -0.25) is 9.59 Å². The minimum atomic E-state index is -0.326. The highest BCUT2D eigenvalue weighted by Crippen LogP contribution is 2.18. The normalized spacial score (nSPS) is 17.8. The van der Waals surface area contributed by atoms with Crippen molar-refractivity contribution in [1.29, 1.82) is 0 Å². The second kappa shape index (κ2) is 12.4. The van der Waals surface area contributed by atoms with Gasteiger partial charge in [0, 0.05) is 35.1 Å². The molecule has 1 saturated heterocycles. The summed E-state index contributed by atoms with van der Waals surface area (Å²) in [4.78, 5) is 25.2. The Labute approximate surface area is 200 Å². The molecule has 1 aliphatic heterocycles. The Balaban J connectivity index is 0.00000320. The molecule has 0 bridgehead atoms. The number of rotatable bonds is 8. The molecule has 0 aromatic heterocycles. The van der Waals surface area contributed by atoms with Gasteiger partial charge in [-0.05, 0) is 48.2 Å². The van der Waals surface area contributed by atoms with Crippen molar-refractivity contribution in [3.63, 3.8) is 0 Å². The fraction of sp³-hybridized carbons (Fsp3) is 0.364. The van der Waals surface area contributed by atoms with E-state index in [-0.39, 0.29) is 36.1 Å². The van der Waals surface area contributed by atoms with E-state index >= 15 is 0 Å². The molecule has 3 N–H and O–H groups in total. The van der Waals surface area contributed by atoms with E-state index in [0.717, 1.165) is 21.8 Å². The summed E-state index contributed by atoms with van der Waals surface area (Å²) in [7, 11) is 0. The molecule has 2 amide bonds. The van der Waals surface area contributed by atoms with Crippen LogP contribution in [0.2, 0.25) is 0 Å². The van der Waals surface area contributed by atoms with Crippen LogP contribution in [0.1, 0.15) is 11.1 Å². The molecule has 5 nitrogen and oxygen atoms in total. The Morgan fingerprint density at radius 1 is 0.767 bits per heavy atom. The standard InChI is InChI=1S/C22H25Br2N3O2.ClH/c23-17-5-1-15(2-6-17)9-11-26-21(28)19-13-25-14-20(19)22(29)27-12-10-16-3-7-18(24)8-4-16;/h1-8,19-20,25H,9-14H2,(H,26,28)(H,27,29);1H/t19-,20-;/m0./s1. The van der Waals surface area contributed by atoms with Crippen LogP contribution in [0.15, 0.2) is 57.5 Å². The molecule has 1 fully saturated rings. The first-order valence-electron chi connectivity index (χ1n) is 9.78. The van der Waals surface area contributed by atoms with Gasteiger partial charge in [0.15, 0.2) is 0 Å². The average Bonchev–Trinajstić information content (AvgIpc) is 3.21. The summed E-state index contributed by atoms with van der Waals surface area (Å²) in [6, 6.07) is 16.1. The summed E-state index contributed by atoms with van der Waals surface area (Å²) < 4.78 is 2.08. The molecule has 0 spiro atoms. The van der Waals surface area contributed by atoms with Gasteiger partial charge >= 0.3 is 0 Å². The van der Waals surface area contributed by atoms with E-state index in [1.807, 2.05) is 48.5 Å². The van der Waals surface area contributed by atoms with Gasteiger partial charge in [-0.2, -0.15) is 0 Å². The lowest BCUT2D eigenvalue weighted by Crippen LogP contribution is -2.42. The monoisotopic (exact) mass is 557 g/mol. The van der Waals surface area contributed by atoms with Crippen LogP contribution in [0, 0.1) is 11.8 Å². The number of hydrogen-bond acceptors (Lipinski definition) is 3. The number of halogens is 3. The fourth-order valence-electron chi connectivity index (χ4n) is 3.45. The van der Waals surface area contributed by atoms with Crippen LogP contribution in [0.25, 0.3) is 0 Å². The third kappa shape index (κ3) is 7.38. The Bertz CT molecular complexity index is 762. The van der Waals surface area contributed by atoms with Gasteiger partial charge in [-0.15, -0.1) is 12.4 Å². The van der Waals surface area contributed by atoms with Crippen LogP contribution < -0.4 is 16.0 Å². The SMILES string of the molecule is Cl.O=C(NCCc1ccc(Br)cc1)[C@H]1CNC[C@@H]1C(=O)NCCc1ccc(Br)cc1. The van der Waals surface area contributed by atoms with E-state index in [9.17, 15) is 9.59 Å². The molecule has 162 valence electrons. The second-order valence-corrected chi connectivity index (χ2v) is 9.04. The molecule has 2 aromatic rings. The first-order valence-corrected chi connectivity index (χ1v) is 11.4. The van der Waals surface area contributed by atoms with Crippen molar-refractivity contribution in [2.45, 2.75) is 12.8 Å². The zero-order valence-electron chi connectivity index (χ0n) is 16.5. The molecule has 8 heteroatoms. The summed E-state index contributed by atoms with van der Waals surface area (Å²) >= 11 is 6.84. The molecule has 2 aromatic carbocycles. The lowest BCUT2D eigenvalue weighted by Gasteiger charge is -2.18. The Hall–Kier alpha value is -1.41. The van der Waals surface area contributed by atoms with Crippen molar-refractivity contribution >= 4 is 56.1 Å². The summed E-state index contributed by atoms with van der Waals surface area (Å²) in [5, 5.41) is 9.15. The van der Waals surface area contributed by atoms with Crippen molar-refractivity contribution in [2.75, 3.05) is 26.2 Å². The topological polar surface area (TPSA) is 70.2 Å². The maximum atomic E-state index is 12.6. The summed E-state index contributed by atoms with van der Waals surface area (Å²) in [6.07, 6.45) is 1.53. The molecule has 0 radical (unpaired) electrons. The van der Waals surface area contributed by atoms with Crippen LogP contribution in [0.5, 0.6) is 0 Å². The average molecular weight is 560 g/mol. The van der Waals surface area contributed by atoms with Crippen molar-refractivity contribution in [3.05, 3.63) is 68.6 Å². The zero-order chi connectivity index (χ0) is 20.6. The van der Waals surface area contributed by atoms with E-state index in [1.165, 1.54) is 11.1 Å². The maximum Gasteiger partial charge on any atom is 0.225 e. The summed E-state index contributed by atoms with van der Waals surface area (Å²) in [6.45, 7) is 2.20. The van der Waals surface area contributed by atoms with Gasteiger partial charge in [0.05, 0.1) is 11.8 Å². The molecule has 30 heavy (non-hydrogen) atoms. The van der Waals surface area contributed by atoms with Crippen molar-refractivity contribution < 1.29 is 9.59 Å². The first-order chi connectivity index (χ1) is 14.0. The fourth-order valence-corrected chi connectivity index (χ4v) is 3.98. The van der Waals surface area contributed by atoms with Crippen LogP contribution in [-0.4, -0.2) is 38.0 Å². The predicted octanol–water partition coefficient (Wildman–Crippen LogP) is 3.49. The molecular formula is C22H26Br2ClN3O2. The number of benzene rings is 2. The number of nitrogens with one attached hydrogen (secondary N) is 3. The number of carbonyl (C=O) groups is 2. The first kappa shape index (κ1) is 24.9.